The smallest absolute Gasteiger partial charge is 0.215 e. The summed E-state index contributed by atoms with van der Waals surface area (Å²) in [6.45, 7) is 0. The highest BCUT2D eigenvalue weighted by atomic mass is 32.1. The van der Waals surface area contributed by atoms with E-state index in [0.717, 1.165) is 5.56 Å². The lowest BCUT2D eigenvalue weighted by Crippen LogP contribution is -1.93. The second-order valence-corrected chi connectivity index (χ2v) is 4.34. The molecule has 0 fully saturated rings. The van der Waals surface area contributed by atoms with Crippen LogP contribution in [0.1, 0.15) is 5.56 Å². The van der Waals surface area contributed by atoms with E-state index in [1.165, 1.54) is 4.68 Å². The average Bonchev–Trinajstić information content (AvgIpc) is 2.75. The Hall–Kier alpha value is -1.93. The van der Waals surface area contributed by atoms with E-state index in [0.29, 0.717) is 21.0 Å². The van der Waals surface area contributed by atoms with Gasteiger partial charge in [-0.3, -0.25) is 10.2 Å². The van der Waals surface area contributed by atoms with Gasteiger partial charge in [0.15, 0.2) is 0 Å². The van der Waals surface area contributed by atoms with E-state index in [-0.39, 0.29) is 0 Å². The van der Waals surface area contributed by atoms with E-state index >= 15 is 0 Å². The number of aromatic nitrogens is 3. The molecule has 0 unspecified atom stereocenters. The third-order valence-corrected chi connectivity index (χ3v) is 2.91. The number of benzene rings is 1. The molecule has 0 amide bonds. The third-order valence-electron chi connectivity index (χ3n) is 2.36. The van der Waals surface area contributed by atoms with Crippen molar-refractivity contribution < 1.29 is 9.47 Å². The number of hydrogen-bond donors (Lipinski definition) is 2. The maximum Gasteiger partial charge on any atom is 0.215 e. The van der Waals surface area contributed by atoms with E-state index in [2.05, 4.69) is 15.3 Å². The number of nitrogens with zero attached hydrogens (tertiary/aromatic N) is 2. The van der Waals surface area contributed by atoms with Gasteiger partial charge in [-0.15, -0.1) is 0 Å². The van der Waals surface area contributed by atoms with Crippen LogP contribution in [0.15, 0.2) is 23.3 Å². The molecule has 1 heterocycles. The van der Waals surface area contributed by atoms with Crippen LogP contribution in [0, 0.1) is 9.54 Å². The van der Waals surface area contributed by atoms with Crippen LogP contribution >= 0.6 is 24.4 Å². The molecule has 0 saturated heterocycles. The standard InChI is InChI=1S/C11H12N4O2S2/c1-16-8-3-7(4-9(5-8)17-2)6-12-15-10(18)13-14-11(15)19/h3-6H,1-2H3,(H,13,18)(H,14,19)/b12-6-. The summed E-state index contributed by atoms with van der Waals surface area (Å²) >= 11 is 10.1. The highest BCUT2D eigenvalue weighted by Crippen LogP contribution is 2.21. The van der Waals surface area contributed by atoms with Crippen LogP contribution in [0.2, 0.25) is 0 Å². The molecule has 0 atom stereocenters. The fraction of sp³-hybridized carbons (Fsp3) is 0.182. The molecule has 0 aliphatic carbocycles. The Labute approximate surface area is 119 Å². The zero-order chi connectivity index (χ0) is 13.8. The summed E-state index contributed by atoms with van der Waals surface area (Å²) in [5, 5.41) is 9.60. The number of rotatable bonds is 4. The predicted octanol–water partition coefficient (Wildman–Crippen LogP) is 2.50. The molecule has 0 aliphatic heterocycles. The monoisotopic (exact) mass is 296 g/mol. The summed E-state index contributed by atoms with van der Waals surface area (Å²) in [6.07, 6.45) is 1.62. The maximum atomic E-state index is 5.18. The van der Waals surface area contributed by atoms with Crippen molar-refractivity contribution in [2.24, 2.45) is 5.10 Å². The van der Waals surface area contributed by atoms with Gasteiger partial charge in [0.05, 0.1) is 20.4 Å². The summed E-state index contributed by atoms with van der Waals surface area (Å²) < 4.78 is 12.6. The molecule has 1 aromatic heterocycles. The minimum Gasteiger partial charge on any atom is -0.497 e. The van der Waals surface area contributed by atoms with E-state index in [1.807, 2.05) is 12.1 Å². The van der Waals surface area contributed by atoms with E-state index in [4.69, 9.17) is 33.9 Å². The van der Waals surface area contributed by atoms with E-state index in [9.17, 15) is 0 Å². The molecule has 0 aliphatic rings. The van der Waals surface area contributed by atoms with Crippen LogP contribution in [0.25, 0.3) is 0 Å². The molecule has 1 aromatic carbocycles. The van der Waals surface area contributed by atoms with Gasteiger partial charge in [-0.25, -0.2) is 0 Å². The van der Waals surface area contributed by atoms with Gasteiger partial charge in [-0.2, -0.15) is 9.78 Å². The molecule has 0 spiro atoms. The summed E-state index contributed by atoms with van der Waals surface area (Å²) in [7, 11) is 3.18. The minimum absolute atomic E-state index is 0.399. The number of methoxy groups -OCH3 is 2. The fourth-order valence-corrected chi connectivity index (χ4v) is 1.88. The van der Waals surface area contributed by atoms with Crippen molar-refractivity contribution in [1.82, 2.24) is 14.9 Å². The second-order valence-electron chi connectivity index (χ2n) is 3.56. The summed E-state index contributed by atoms with van der Waals surface area (Å²) in [5.74, 6) is 1.37. The molecule has 2 N–H and O–H groups in total. The molecular formula is C11H12N4O2S2. The molecule has 8 heteroatoms. The zero-order valence-corrected chi connectivity index (χ0v) is 12.0. The molecule has 0 radical (unpaired) electrons. The topological polar surface area (TPSA) is 67.3 Å². The Morgan fingerprint density at radius 1 is 1.05 bits per heavy atom. The molecule has 0 saturated carbocycles. The largest absolute Gasteiger partial charge is 0.497 e. The first-order chi connectivity index (χ1) is 9.13. The lowest BCUT2D eigenvalue weighted by Gasteiger charge is -2.05. The second kappa shape index (κ2) is 5.81. The number of H-pyrrole nitrogens is 2. The van der Waals surface area contributed by atoms with Crippen LogP contribution in [-0.4, -0.2) is 35.3 Å². The van der Waals surface area contributed by atoms with Gasteiger partial charge in [0.2, 0.25) is 9.54 Å². The zero-order valence-electron chi connectivity index (χ0n) is 10.3. The minimum atomic E-state index is 0.399. The van der Waals surface area contributed by atoms with Crippen LogP contribution in [0.4, 0.5) is 0 Å². The molecule has 2 rings (SSSR count). The predicted molar refractivity (Wildman–Crippen MR) is 77.3 cm³/mol. The Morgan fingerprint density at radius 2 is 1.58 bits per heavy atom. The normalized spacial score (nSPS) is 10.8. The van der Waals surface area contributed by atoms with Crippen molar-refractivity contribution in [2.75, 3.05) is 14.2 Å². The maximum absolute atomic E-state index is 5.18. The molecule has 0 bridgehead atoms. The molecule has 19 heavy (non-hydrogen) atoms. The SMILES string of the molecule is COc1cc(/C=N\n2c(=S)[nH][nH]c2=S)cc(OC)c1. The quantitative estimate of drug-likeness (QED) is 0.672. The molecule has 100 valence electrons. The van der Waals surface area contributed by atoms with Crippen LogP contribution in [0.5, 0.6) is 11.5 Å². The van der Waals surface area contributed by atoms with Crippen LogP contribution < -0.4 is 9.47 Å². The van der Waals surface area contributed by atoms with Crippen LogP contribution in [0.3, 0.4) is 0 Å². The summed E-state index contributed by atoms with van der Waals surface area (Å²) in [6, 6.07) is 5.44. The molecule has 6 nitrogen and oxygen atoms in total. The molecular weight excluding hydrogens is 284 g/mol. The van der Waals surface area contributed by atoms with Crippen molar-refractivity contribution >= 4 is 30.7 Å². The third kappa shape index (κ3) is 3.09. The number of nitrogens with one attached hydrogen (secondary N) is 2. The van der Waals surface area contributed by atoms with Gasteiger partial charge in [-0.1, -0.05) is 0 Å². The number of ether oxygens (including phenoxy) is 2. The average molecular weight is 296 g/mol. The van der Waals surface area contributed by atoms with E-state index < -0.39 is 0 Å². The van der Waals surface area contributed by atoms with E-state index in [1.54, 1.807) is 26.5 Å². The van der Waals surface area contributed by atoms with Gasteiger partial charge >= 0.3 is 0 Å². The Bertz CT molecular complexity index is 664. The summed E-state index contributed by atoms with van der Waals surface area (Å²) in [4.78, 5) is 0. The van der Waals surface area contributed by atoms with Gasteiger partial charge < -0.3 is 9.47 Å². The van der Waals surface area contributed by atoms with Gasteiger partial charge in [0.1, 0.15) is 11.5 Å². The highest BCUT2D eigenvalue weighted by molar-refractivity contribution is 7.72. The van der Waals surface area contributed by atoms with Crippen molar-refractivity contribution in [2.45, 2.75) is 0 Å². The van der Waals surface area contributed by atoms with Crippen molar-refractivity contribution in [3.63, 3.8) is 0 Å². The first kappa shape index (κ1) is 13.5. The lowest BCUT2D eigenvalue weighted by atomic mass is 10.2. The first-order valence-electron chi connectivity index (χ1n) is 5.31. The fourth-order valence-electron chi connectivity index (χ4n) is 1.44. The Morgan fingerprint density at radius 3 is 2.05 bits per heavy atom. The lowest BCUT2D eigenvalue weighted by molar-refractivity contribution is 0.394. The summed E-state index contributed by atoms with van der Waals surface area (Å²) in [5.41, 5.74) is 0.814. The van der Waals surface area contributed by atoms with Crippen LogP contribution in [-0.2, 0) is 0 Å². The Kier molecular flexibility index (Phi) is 4.13. The highest BCUT2D eigenvalue weighted by Gasteiger charge is 2.00. The van der Waals surface area contributed by atoms with Crippen molar-refractivity contribution in [3.05, 3.63) is 33.3 Å². The van der Waals surface area contributed by atoms with Crippen molar-refractivity contribution in [1.29, 1.82) is 0 Å². The number of aromatic amines is 2. The number of hydrogen-bond acceptors (Lipinski definition) is 5. The first-order valence-corrected chi connectivity index (χ1v) is 6.13. The van der Waals surface area contributed by atoms with Gasteiger partial charge in [0, 0.05) is 11.6 Å². The van der Waals surface area contributed by atoms with Gasteiger partial charge in [0.25, 0.3) is 0 Å². The van der Waals surface area contributed by atoms with Crippen molar-refractivity contribution in [3.8, 4) is 11.5 Å². The Balaban J connectivity index is 2.38. The molecule has 2 aromatic rings. The van der Waals surface area contributed by atoms with Gasteiger partial charge in [-0.05, 0) is 36.6 Å².